The maximum absolute atomic E-state index is 10.4. The molecule has 1 aromatic carbocycles. The smallest absolute Gasteiger partial charge is 0.328 e. The molecule has 1 aliphatic rings. The minimum atomic E-state index is -0.970. The number of benzene rings is 1. The highest BCUT2D eigenvalue weighted by atomic mass is 16.5. The quantitative estimate of drug-likeness (QED) is 0.811. The van der Waals surface area contributed by atoms with Crippen molar-refractivity contribution in [3.05, 3.63) is 41.5 Å². The highest BCUT2D eigenvalue weighted by Crippen LogP contribution is 2.30. The molecule has 0 aliphatic carbocycles. The molecule has 0 bridgehead atoms. The molecule has 1 aliphatic heterocycles. The van der Waals surface area contributed by atoms with E-state index in [1.807, 2.05) is 24.3 Å². The number of aliphatic carboxylic acids is 1. The van der Waals surface area contributed by atoms with Crippen LogP contribution in [0.5, 0.6) is 11.5 Å². The van der Waals surface area contributed by atoms with E-state index in [9.17, 15) is 4.79 Å². The number of methoxy groups -OCH3 is 1. The van der Waals surface area contributed by atoms with E-state index in [4.69, 9.17) is 14.6 Å². The van der Waals surface area contributed by atoms with Crippen LogP contribution < -0.4 is 9.47 Å². The number of fused-ring (bicyclic) bond motifs is 1. The first-order chi connectivity index (χ1) is 8.19. The van der Waals surface area contributed by atoms with Crippen LogP contribution in [0, 0.1) is 0 Å². The van der Waals surface area contributed by atoms with Gasteiger partial charge in [-0.2, -0.15) is 0 Å². The predicted molar refractivity (Wildman–Crippen MR) is 63.2 cm³/mol. The molecule has 4 heteroatoms. The van der Waals surface area contributed by atoms with E-state index < -0.39 is 5.97 Å². The van der Waals surface area contributed by atoms with Gasteiger partial charge in [-0.15, -0.1) is 0 Å². The molecule has 0 saturated heterocycles. The number of rotatable bonds is 3. The Hall–Kier alpha value is -2.23. The molecule has 2 rings (SSSR count). The van der Waals surface area contributed by atoms with Gasteiger partial charge in [0, 0.05) is 11.6 Å². The number of hydrogen-bond donors (Lipinski definition) is 1. The number of carbonyl (C=O) groups is 1. The summed E-state index contributed by atoms with van der Waals surface area (Å²) in [5.41, 5.74) is 1.70. The summed E-state index contributed by atoms with van der Waals surface area (Å²) in [4.78, 5) is 10.4. The summed E-state index contributed by atoms with van der Waals surface area (Å²) in [5, 5.41) is 8.55. The molecule has 0 saturated carbocycles. The molecule has 17 heavy (non-hydrogen) atoms. The third-order valence-electron chi connectivity index (χ3n) is 2.39. The monoisotopic (exact) mass is 232 g/mol. The van der Waals surface area contributed by atoms with Crippen molar-refractivity contribution in [2.24, 2.45) is 0 Å². The van der Waals surface area contributed by atoms with E-state index in [0.29, 0.717) is 6.61 Å². The van der Waals surface area contributed by atoms with Gasteiger partial charge in [0.05, 0.1) is 7.11 Å². The van der Waals surface area contributed by atoms with Crippen molar-refractivity contribution >= 4 is 12.0 Å². The maximum atomic E-state index is 10.4. The number of ether oxygens (including phenoxy) is 2. The van der Waals surface area contributed by atoms with Crippen LogP contribution in [0.1, 0.15) is 5.56 Å². The van der Waals surface area contributed by atoms with Crippen LogP contribution in [0.3, 0.4) is 0 Å². The molecule has 0 fully saturated rings. The first-order valence-corrected chi connectivity index (χ1v) is 5.11. The van der Waals surface area contributed by atoms with E-state index >= 15 is 0 Å². The summed E-state index contributed by atoms with van der Waals surface area (Å²) in [6.07, 6.45) is 4.52. The second-order valence-corrected chi connectivity index (χ2v) is 3.58. The van der Waals surface area contributed by atoms with E-state index in [1.165, 1.54) is 6.08 Å². The molecular formula is C13H12O4. The second-order valence-electron chi connectivity index (χ2n) is 3.58. The molecule has 0 unspecified atom stereocenters. The zero-order valence-electron chi connectivity index (χ0n) is 9.34. The van der Waals surface area contributed by atoms with Gasteiger partial charge in [-0.05, 0) is 35.9 Å². The second kappa shape index (κ2) is 4.74. The van der Waals surface area contributed by atoms with Crippen molar-refractivity contribution in [2.45, 2.75) is 0 Å². The summed E-state index contributed by atoms with van der Waals surface area (Å²) in [6.45, 7) is 0.378. The van der Waals surface area contributed by atoms with Crippen molar-refractivity contribution in [1.29, 1.82) is 0 Å². The zero-order chi connectivity index (χ0) is 12.3. The normalized spacial score (nSPS) is 13.8. The molecule has 0 amide bonds. The Morgan fingerprint density at radius 1 is 1.53 bits per heavy atom. The Balaban J connectivity index is 2.29. The molecule has 0 atom stereocenters. The van der Waals surface area contributed by atoms with E-state index in [2.05, 4.69) is 0 Å². The van der Waals surface area contributed by atoms with Crippen molar-refractivity contribution in [3.63, 3.8) is 0 Å². The number of carboxylic acid groups (broad SMARTS) is 1. The summed E-state index contributed by atoms with van der Waals surface area (Å²) in [5.74, 6) is 0.549. The lowest BCUT2D eigenvalue weighted by molar-refractivity contribution is -0.131. The van der Waals surface area contributed by atoms with E-state index in [-0.39, 0.29) is 0 Å². The van der Waals surface area contributed by atoms with Gasteiger partial charge < -0.3 is 14.6 Å². The molecule has 1 N–H and O–H groups in total. The Morgan fingerprint density at radius 3 is 3.06 bits per heavy atom. The van der Waals surface area contributed by atoms with Crippen LogP contribution in [0.15, 0.2) is 35.9 Å². The Bertz CT molecular complexity index is 500. The Morgan fingerprint density at radius 2 is 2.35 bits per heavy atom. The van der Waals surface area contributed by atoms with E-state index in [1.54, 1.807) is 7.11 Å². The fourth-order valence-corrected chi connectivity index (χ4v) is 1.57. The van der Waals surface area contributed by atoms with Gasteiger partial charge >= 0.3 is 5.97 Å². The summed E-state index contributed by atoms with van der Waals surface area (Å²) in [6, 6.07) is 5.51. The van der Waals surface area contributed by atoms with Crippen LogP contribution in [-0.2, 0) is 4.79 Å². The van der Waals surface area contributed by atoms with Crippen molar-refractivity contribution < 1.29 is 19.4 Å². The molecule has 4 nitrogen and oxygen atoms in total. The van der Waals surface area contributed by atoms with Crippen LogP contribution in [-0.4, -0.2) is 24.8 Å². The highest BCUT2D eigenvalue weighted by Gasteiger charge is 2.10. The summed E-state index contributed by atoms with van der Waals surface area (Å²) in [7, 11) is 1.60. The van der Waals surface area contributed by atoms with Crippen LogP contribution in [0.2, 0.25) is 0 Å². The Labute approximate surface area is 98.8 Å². The van der Waals surface area contributed by atoms with E-state index in [0.717, 1.165) is 28.7 Å². The number of hydrogen-bond acceptors (Lipinski definition) is 3. The van der Waals surface area contributed by atoms with Gasteiger partial charge in [-0.3, -0.25) is 0 Å². The van der Waals surface area contributed by atoms with Gasteiger partial charge in [-0.1, -0.05) is 0 Å². The third-order valence-corrected chi connectivity index (χ3v) is 2.39. The maximum Gasteiger partial charge on any atom is 0.328 e. The molecule has 88 valence electrons. The third kappa shape index (κ3) is 2.66. The van der Waals surface area contributed by atoms with Crippen molar-refractivity contribution in [1.82, 2.24) is 0 Å². The average Bonchev–Trinajstić information content (AvgIpc) is 2.35. The minimum absolute atomic E-state index is 0.378. The standard InChI is InChI=1S/C13H12O4/c1-16-11-3-4-12-10(7-11)6-9(8-17-12)2-5-13(14)15/h2-7H,8H2,1H3,(H,14,15)/b5-2+. The van der Waals surface area contributed by atoms with Crippen molar-refractivity contribution in [3.8, 4) is 11.5 Å². The SMILES string of the molecule is COc1ccc2c(c1)C=C(/C=C/C(=O)O)CO2. The van der Waals surface area contributed by atoms with Crippen LogP contribution in [0.4, 0.5) is 0 Å². The lowest BCUT2D eigenvalue weighted by atomic mass is 10.1. The summed E-state index contributed by atoms with van der Waals surface area (Å²) < 4.78 is 10.6. The minimum Gasteiger partial charge on any atom is -0.497 e. The first kappa shape index (κ1) is 11.3. The summed E-state index contributed by atoms with van der Waals surface area (Å²) >= 11 is 0. The fourth-order valence-electron chi connectivity index (χ4n) is 1.57. The van der Waals surface area contributed by atoms with Gasteiger partial charge in [-0.25, -0.2) is 4.79 Å². The highest BCUT2D eigenvalue weighted by molar-refractivity contribution is 5.81. The molecule has 0 radical (unpaired) electrons. The van der Waals surface area contributed by atoms with Gasteiger partial charge in [0.15, 0.2) is 0 Å². The van der Waals surface area contributed by atoms with Gasteiger partial charge in [0.2, 0.25) is 0 Å². The van der Waals surface area contributed by atoms with Gasteiger partial charge in [0.25, 0.3) is 0 Å². The largest absolute Gasteiger partial charge is 0.497 e. The first-order valence-electron chi connectivity index (χ1n) is 5.11. The molecule has 0 aromatic heterocycles. The molecular weight excluding hydrogens is 220 g/mol. The van der Waals surface area contributed by atoms with Crippen LogP contribution >= 0.6 is 0 Å². The fraction of sp³-hybridized carbons (Fsp3) is 0.154. The molecule has 1 aromatic rings. The van der Waals surface area contributed by atoms with Gasteiger partial charge in [0.1, 0.15) is 18.1 Å². The Kier molecular flexibility index (Phi) is 3.14. The predicted octanol–water partition coefficient (Wildman–Crippen LogP) is 2.11. The molecule has 0 spiro atoms. The lowest BCUT2D eigenvalue weighted by Crippen LogP contribution is -2.06. The van der Waals surface area contributed by atoms with Crippen molar-refractivity contribution in [2.75, 3.05) is 13.7 Å². The lowest BCUT2D eigenvalue weighted by Gasteiger charge is -2.16. The zero-order valence-corrected chi connectivity index (χ0v) is 9.34. The molecule has 1 heterocycles. The number of carboxylic acids is 1. The van der Waals surface area contributed by atoms with Crippen LogP contribution in [0.25, 0.3) is 6.08 Å². The topological polar surface area (TPSA) is 55.8 Å². The average molecular weight is 232 g/mol.